The second-order valence-corrected chi connectivity index (χ2v) is 20.5. The molecule has 0 spiro atoms. The smallest absolute Gasteiger partial charge is 0.245 e. The number of carbonyl (C=O) groups is 13. The average Bonchev–Trinajstić information content (AvgIpc) is 3.87. The SMILES string of the molecule is CCC(C)CCCCCCCCCCC1CC(=O)NC(CC(N)=O)C(=O)NC(Cc2ccc(O)cc2)C(=O)NC(CC(N)=O)C(=O)NC(CCC(N)=O)C(=O)N2CCCC2C(=O)NC(CC(N)=O)C(=O)NC(CC(N)=O)C(=O)N1. The third-order valence-corrected chi connectivity index (χ3v) is 13.8. The molecule has 1 aromatic rings. The summed E-state index contributed by atoms with van der Waals surface area (Å²) < 4.78 is 0. The number of hydrogen-bond acceptors (Lipinski definition) is 14. The number of nitrogens with one attached hydrogen (secondary N) is 7. The van der Waals surface area contributed by atoms with Crippen LogP contribution in [0.2, 0.25) is 0 Å². The highest BCUT2D eigenvalue weighted by Crippen LogP contribution is 2.22. The lowest BCUT2D eigenvalue weighted by atomic mass is 9.99. The summed E-state index contributed by atoms with van der Waals surface area (Å²) in [6.07, 6.45) is 4.61. The number of benzene rings is 1. The van der Waals surface area contributed by atoms with Gasteiger partial charge in [-0.15, -0.1) is 0 Å². The van der Waals surface area contributed by atoms with E-state index in [1.165, 1.54) is 30.7 Å². The predicted molar refractivity (Wildman–Crippen MR) is 284 cm³/mol. The summed E-state index contributed by atoms with van der Waals surface area (Å²) in [6.45, 7) is 4.29. The zero-order chi connectivity index (χ0) is 58.8. The third kappa shape index (κ3) is 24.1. The Hall–Kier alpha value is -7.87. The number of hydrogen-bond donors (Lipinski definition) is 13. The largest absolute Gasteiger partial charge is 0.508 e. The number of phenolic OH excluding ortho intramolecular Hbond substituents is 1. The molecule has 2 aliphatic heterocycles. The van der Waals surface area contributed by atoms with Crippen molar-refractivity contribution in [1.82, 2.24) is 42.1 Å². The maximum Gasteiger partial charge on any atom is 0.245 e. The average molecular weight is 1110 g/mol. The molecule has 0 saturated carbocycles. The highest BCUT2D eigenvalue weighted by molar-refractivity contribution is 6.01. The fraction of sp³-hybridized carbons (Fsp3) is 0.635. The summed E-state index contributed by atoms with van der Waals surface area (Å²) in [5.41, 5.74) is 27.8. The maximum absolute atomic E-state index is 14.3. The molecule has 2 aliphatic rings. The Bertz CT molecular complexity index is 2340. The van der Waals surface area contributed by atoms with E-state index >= 15 is 0 Å². The van der Waals surface area contributed by atoms with Crippen LogP contribution in [0, 0.1) is 5.92 Å². The summed E-state index contributed by atoms with van der Waals surface area (Å²) in [6, 6.07) is -7.62. The van der Waals surface area contributed by atoms with Crippen LogP contribution in [0.1, 0.15) is 148 Å². The van der Waals surface area contributed by atoms with E-state index in [0.29, 0.717) is 24.3 Å². The first-order valence-corrected chi connectivity index (χ1v) is 27.0. The van der Waals surface area contributed by atoms with Gasteiger partial charge in [-0.3, -0.25) is 62.3 Å². The van der Waals surface area contributed by atoms with Crippen molar-refractivity contribution in [3.8, 4) is 5.75 Å². The normalized spacial score (nSPS) is 23.6. The van der Waals surface area contributed by atoms with Crippen molar-refractivity contribution in [2.24, 2.45) is 34.6 Å². The van der Waals surface area contributed by atoms with Crippen LogP contribution >= 0.6 is 0 Å². The Morgan fingerprint density at radius 3 is 1.47 bits per heavy atom. The highest BCUT2D eigenvalue weighted by atomic mass is 16.3. The number of rotatable bonds is 25. The van der Waals surface area contributed by atoms with Gasteiger partial charge in [0, 0.05) is 31.8 Å². The lowest BCUT2D eigenvalue weighted by Gasteiger charge is -2.31. The summed E-state index contributed by atoms with van der Waals surface area (Å²) >= 11 is 0. The molecule has 2 saturated heterocycles. The molecule has 9 atom stereocenters. The fourth-order valence-electron chi connectivity index (χ4n) is 9.28. The standard InChI is InChI=1S/C52H81N13O14/c1-3-29(2)13-10-8-6-4-5-7-9-11-14-31-24-45(72)59-35(25-41(54)68)48(75)61-34(23-30-16-18-32(66)19-17-30)47(74)63-37(27-43(56)70)49(76)60-33(20-21-40(53)67)52(79)65-22-12-15-39(65)51(78)64-38(28-44(57)71)50(77)62-36(26-42(55)69)46(73)58-31/h16-19,29,31,33-39,66H,3-15,20-28H2,1-2H3,(H2,53,67)(H2,54,68)(H2,55,69)(H2,56,70)(H2,57,71)(H,58,73)(H,59,72)(H,60,76)(H,61,75)(H,62,77)(H,63,74)(H,64,78). The highest BCUT2D eigenvalue weighted by Gasteiger charge is 2.41. The molecule has 2 heterocycles. The number of fused-ring (bicyclic) bond motifs is 1. The summed E-state index contributed by atoms with van der Waals surface area (Å²) in [5, 5.41) is 27.0. The zero-order valence-corrected chi connectivity index (χ0v) is 45.2. The van der Waals surface area contributed by atoms with E-state index in [4.69, 9.17) is 28.7 Å². The first-order valence-electron chi connectivity index (χ1n) is 27.0. The predicted octanol–water partition coefficient (Wildman–Crippen LogP) is -2.56. The summed E-state index contributed by atoms with van der Waals surface area (Å²) in [7, 11) is 0. The number of amides is 13. The minimum absolute atomic E-state index is 0.0199. The molecule has 438 valence electrons. The van der Waals surface area contributed by atoms with E-state index in [2.05, 4.69) is 51.1 Å². The van der Waals surface area contributed by atoms with Crippen molar-refractivity contribution in [2.45, 2.75) is 197 Å². The number of nitrogens with zero attached hydrogens (tertiary/aromatic N) is 1. The number of unbranched alkanes of at least 4 members (excludes halogenated alkanes) is 7. The van der Waals surface area contributed by atoms with Gasteiger partial charge in [0.25, 0.3) is 0 Å². The zero-order valence-electron chi connectivity index (χ0n) is 45.2. The number of carbonyl (C=O) groups excluding carboxylic acids is 13. The molecule has 0 radical (unpaired) electrons. The monoisotopic (exact) mass is 1110 g/mol. The van der Waals surface area contributed by atoms with Gasteiger partial charge in [-0.2, -0.15) is 0 Å². The summed E-state index contributed by atoms with van der Waals surface area (Å²) in [4.78, 5) is 176. The van der Waals surface area contributed by atoms with Crippen LogP contribution in [0.5, 0.6) is 5.75 Å². The van der Waals surface area contributed by atoms with E-state index in [9.17, 15) is 67.4 Å². The van der Waals surface area contributed by atoms with Gasteiger partial charge in [0.2, 0.25) is 76.8 Å². The molecule has 3 rings (SSSR count). The first-order chi connectivity index (χ1) is 37.4. The van der Waals surface area contributed by atoms with Gasteiger partial charge in [0.1, 0.15) is 48.0 Å². The first kappa shape index (κ1) is 65.4. The van der Waals surface area contributed by atoms with Gasteiger partial charge in [0.05, 0.1) is 25.7 Å². The molecule has 1 aromatic carbocycles. The molecule has 27 nitrogen and oxygen atoms in total. The molecule has 2 fully saturated rings. The van der Waals surface area contributed by atoms with Crippen molar-refractivity contribution in [3.63, 3.8) is 0 Å². The van der Waals surface area contributed by atoms with Crippen LogP contribution in [-0.4, -0.2) is 142 Å². The van der Waals surface area contributed by atoms with Gasteiger partial charge in [-0.1, -0.05) is 90.2 Å². The third-order valence-electron chi connectivity index (χ3n) is 13.8. The van der Waals surface area contributed by atoms with Crippen molar-refractivity contribution in [3.05, 3.63) is 29.8 Å². The minimum atomic E-state index is -1.87. The molecule has 13 amide bonds. The Kier molecular flexibility index (Phi) is 27.7. The van der Waals surface area contributed by atoms with Gasteiger partial charge in [-0.05, 0) is 49.3 Å². The molecular weight excluding hydrogens is 1030 g/mol. The van der Waals surface area contributed by atoms with Crippen LogP contribution in [0.15, 0.2) is 24.3 Å². The van der Waals surface area contributed by atoms with Crippen LogP contribution in [0.3, 0.4) is 0 Å². The summed E-state index contributed by atoms with van der Waals surface area (Å²) in [5.74, 6) is -13.2. The lowest BCUT2D eigenvalue weighted by molar-refractivity contribution is -0.143. The molecule has 0 aliphatic carbocycles. The number of primary amides is 5. The van der Waals surface area contributed by atoms with E-state index in [-0.39, 0.29) is 38.0 Å². The van der Waals surface area contributed by atoms with E-state index < -0.39 is 170 Å². The van der Waals surface area contributed by atoms with E-state index in [1.807, 2.05) is 0 Å². The quantitative estimate of drug-likeness (QED) is 0.0448. The second-order valence-electron chi connectivity index (χ2n) is 20.5. The number of nitrogens with two attached hydrogens (primary N) is 5. The molecule has 18 N–H and O–H groups in total. The fourth-order valence-corrected chi connectivity index (χ4v) is 9.28. The Morgan fingerprint density at radius 2 is 0.975 bits per heavy atom. The van der Waals surface area contributed by atoms with Crippen molar-refractivity contribution in [1.29, 1.82) is 0 Å². The molecule has 0 bridgehead atoms. The second kappa shape index (κ2) is 33.4. The Labute approximate surface area is 458 Å². The molecular formula is C52H81N13O14. The number of phenols is 1. The minimum Gasteiger partial charge on any atom is -0.508 e. The van der Waals surface area contributed by atoms with Crippen molar-refractivity contribution in [2.75, 3.05) is 6.54 Å². The molecule has 9 unspecified atom stereocenters. The lowest BCUT2D eigenvalue weighted by Crippen LogP contribution is -2.60. The number of aromatic hydroxyl groups is 1. The van der Waals surface area contributed by atoms with Gasteiger partial charge >= 0.3 is 0 Å². The van der Waals surface area contributed by atoms with Crippen LogP contribution < -0.4 is 65.9 Å². The van der Waals surface area contributed by atoms with Gasteiger partial charge < -0.3 is 75.9 Å². The van der Waals surface area contributed by atoms with E-state index in [1.54, 1.807) is 0 Å². The Morgan fingerprint density at radius 1 is 0.544 bits per heavy atom. The van der Waals surface area contributed by atoms with Crippen LogP contribution in [0.4, 0.5) is 0 Å². The topological polar surface area (TPSA) is 460 Å². The van der Waals surface area contributed by atoms with Crippen molar-refractivity contribution < 1.29 is 67.4 Å². The van der Waals surface area contributed by atoms with E-state index in [0.717, 1.165) is 49.8 Å². The van der Waals surface area contributed by atoms with Crippen molar-refractivity contribution >= 4 is 76.8 Å². The molecule has 79 heavy (non-hydrogen) atoms. The Balaban J connectivity index is 2.13. The van der Waals surface area contributed by atoms with Crippen LogP contribution in [0.25, 0.3) is 0 Å². The van der Waals surface area contributed by atoms with Gasteiger partial charge in [-0.25, -0.2) is 0 Å². The molecule has 27 heteroatoms. The molecule has 0 aromatic heterocycles. The van der Waals surface area contributed by atoms with Gasteiger partial charge in [0.15, 0.2) is 0 Å². The maximum atomic E-state index is 14.3. The van der Waals surface area contributed by atoms with Crippen LogP contribution in [-0.2, 0) is 68.7 Å².